The van der Waals surface area contributed by atoms with Gasteiger partial charge in [0.1, 0.15) is 0 Å². The van der Waals surface area contributed by atoms with E-state index >= 15 is 0 Å². The molecule has 1 amide bonds. The largest absolute Gasteiger partial charge is 0.346 e. The Morgan fingerprint density at radius 1 is 1.33 bits per heavy atom. The second-order valence-corrected chi connectivity index (χ2v) is 6.31. The molecule has 24 heavy (non-hydrogen) atoms. The lowest BCUT2D eigenvalue weighted by molar-refractivity contribution is -0.122. The Labute approximate surface area is 141 Å². The van der Waals surface area contributed by atoms with Crippen molar-refractivity contribution in [3.8, 4) is 5.69 Å². The SMILES string of the molecule is CC(NC(=O)CCC1CCNCC1)c1nnnn1-c1ccccc1. The highest BCUT2D eigenvalue weighted by molar-refractivity contribution is 5.76. The van der Waals surface area contributed by atoms with Gasteiger partial charge in [0, 0.05) is 6.42 Å². The molecule has 0 aliphatic carbocycles. The smallest absolute Gasteiger partial charge is 0.220 e. The molecule has 1 saturated heterocycles. The fraction of sp³-hybridized carbons (Fsp3) is 0.529. The summed E-state index contributed by atoms with van der Waals surface area (Å²) >= 11 is 0. The summed E-state index contributed by atoms with van der Waals surface area (Å²) < 4.78 is 1.66. The summed E-state index contributed by atoms with van der Waals surface area (Å²) in [5.41, 5.74) is 0.883. The van der Waals surface area contributed by atoms with Crippen molar-refractivity contribution < 1.29 is 4.79 Å². The standard InChI is InChI=1S/C17H24N6O/c1-13(19-16(24)8-7-14-9-11-18-12-10-14)17-20-21-22-23(17)15-5-3-2-4-6-15/h2-6,13-14,18H,7-12H2,1H3,(H,19,24). The van der Waals surface area contributed by atoms with Crippen LogP contribution < -0.4 is 10.6 Å². The number of nitrogens with zero attached hydrogens (tertiary/aromatic N) is 4. The van der Waals surface area contributed by atoms with Gasteiger partial charge in [-0.1, -0.05) is 18.2 Å². The molecule has 1 aliphatic rings. The Hall–Kier alpha value is -2.28. The van der Waals surface area contributed by atoms with Crippen molar-refractivity contribution in [2.75, 3.05) is 13.1 Å². The monoisotopic (exact) mass is 328 g/mol. The first kappa shape index (κ1) is 16.6. The molecule has 1 atom stereocenters. The van der Waals surface area contributed by atoms with Crippen molar-refractivity contribution >= 4 is 5.91 Å². The summed E-state index contributed by atoms with van der Waals surface area (Å²) in [6, 6.07) is 9.45. The van der Waals surface area contributed by atoms with E-state index in [-0.39, 0.29) is 11.9 Å². The third-order valence-corrected chi connectivity index (χ3v) is 4.50. The molecule has 1 fully saturated rings. The van der Waals surface area contributed by atoms with Crippen LogP contribution in [0.25, 0.3) is 5.69 Å². The minimum atomic E-state index is -0.235. The Morgan fingerprint density at radius 3 is 2.83 bits per heavy atom. The van der Waals surface area contributed by atoms with Gasteiger partial charge in [-0.15, -0.1) is 5.10 Å². The van der Waals surface area contributed by atoms with Crippen LogP contribution in [0.15, 0.2) is 30.3 Å². The number of tetrazole rings is 1. The number of hydrogen-bond acceptors (Lipinski definition) is 5. The van der Waals surface area contributed by atoms with Gasteiger partial charge in [0.15, 0.2) is 5.82 Å². The number of nitrogens with one attached hydrogen (secondary N) is 2. The molecule has 1 aromatic heterocycles. The molecule has 1 aromatic carbocycles. The van der Waals surface area contributed by atoms with Gasteiger partial charge >= 0.3 is 0 Å². The average molecular weight is 328 g/mol. The number of piperidine rings is 1. The first-order valence-electron chi connectivity index (χ1n) is 8.58. The van der Waals surface area contributed by atoms with Crippen LogP contribution in [0.4, 0.5) is 0 Å². The molecule has 128 valence electrons. The highest BCUT2D eigenvalue weighted by atomic mass is 16.1. The highest BCUT2D eigenvalue weighted by Crippen LogP contribution is 2.18. The van der Waals surface area contributed by atoms with E-state index in [2.05, 4.69) is 26.2 Å². The molecule has 0 radical (unpaired) electrons. The van der Waals surface area contributed by atoms with Crippen LogP contribution in [-0.2, 0) is 4.79 Å². The quantitative estimate of drug-likeness (QED) is 0.842. The third-order valence-electron chi connectivity index (χ3n) is 4.50. The molecule has 2 heterocycles. The molecule has 1 aliphatic heterocycles. The minimum absolute atomic E-state index is 0.0589. The predicted octanol–water partition coefficient (Wildman–Crippen LogP) is 1.62. The van der Waals surface area contributed by atoms with Crippen LogP contribution in [0.5, 0.6) is 0 Å². The van der Waals surface area contributed by atoms with Crippen LogP contribution >= 0.6 is 0 Å². The van der Waals surface area contributed by atoms with Crippen molar-refractivity contribution in [3.05, 3.63) is 36.2 Å². The Balaban J connectivity index is 1.56. The Bertz CT molecular complexity index is 650. The molecule has 3 rings (SSSR count). The third kappa shape index (κ3) is 4.17. The number of aromatic nitrogens is 4. The van der Waals surface area contributed by atoms with Gasteiger partial charge in [0.05, 0.1) is 11.7 Å². The number of para-hydroxylation sites is 1. The van der Waals surface area contributed by atoms with Crippen molar-refractivity contribution in [2.24, 2.45) is 5.92 Å². The van der Waals surface area contributed by atoms with Crippen LogP contribution in [0.2, 0.25) is 0 Å². The first-order valence-corrected chi connectivity index (χ1v) is 8.58. The molecule has 1 unspecified atom stereocenters. The van der Waals surface area contributed by atoms with Gasteiger partial charge in [-0.25, -0.2) is 0 Å². The number of amides is 1. The van der Waals surface area contributed by atoms with Crippen LogP contribution in [-0.4, -0.2) is 39.2 Å². The summed E-state index contributed by atoms with van der Waals surface area (Å²) in [4.78, 5) is 12.2. The summed E-state index contributed by atoms with van der Waals surface area (Å²) in [5, 5.41) is 18.2. The van der Waals surface area contributed by atoms with Gasteiger partial charge in [-0.2, -0.15) is 4.68 Å². The lowest BCUT2D eigenvalue weighted by Gasteiger charge is -2.22. The lowest BCUT2D eigenvalue weighted by atomic mass is 9.93. The van der Waals surface area contributed by atoms with Gasteiger partial charge in [0.2, 0.25) is 5.91 Å². The van der Waals surface area contributed by atoms with E-state index < -0.39 is 0 Å². The molecular weight excluding hydrogens is 304 g/mol. The van der Waals surface area contributed by atoms with Gasteiger partial charge < -0.3 is 10.6 Å². The molecule has 0 bridgehead atoms. The number of hydrogen-bond donors (Lipinski definition) is 2. The number of rotatable bonds is 6. The number of carbonyl (C=O) groups excluding carboxylic acids is 1. The van der Waals surface area contributed by atoms with Crippen molar-refractivity contribution in [1.82, 2.24) is 30.8 Å². The topological polar surface area (TPSA) is 84.7 Å². The van der Waals surface area contributed by atoms with Gasteiger partial charge in [-0.3, -0.25) is 4.79 Å². The maximum Gasteiger partial charge on any atom is 0.220 e. The van der Waals surface area contributed by atoms with E-state index in [0.29, 0.717) is 18.2 Å². The maximum atomic E-state index is 12.2. The second kappa shape index (κ2) is 8.01. The average Bonchev–Trinajstić information content (AvgIpc) is 3.11. The molecule has 7 nitrogen and oxygen atoms in total. The maximum absolute atomic E-state index is 12.2. The molecular formula is C17H24N6O. The van der Waals surface area contributed by atoms with Crippen molar-refractivity contribution in [1.29, 1.82) is 0 Å². The van der Waals surface area contributed by atoms with E-state index in [1.165, 1.54) is 0 Å². The number of carbonyl (C=O) groups is 1. The van der Waals surface area contributed by atoms with Crippen LogP contribution in [0.3, 0.4) is 0 Å². The fourth-order valence-corrected chi connectivity index (χ4v) is 3.10. The van der Waals surface area contributed by atoms with Crippen LogP contribution in [0, 0.1) is 5.92 Å². The lowest BCUT2D eigenvalue weighted by Crippen LogP contribution is -2.31. The van der Waals surface area contributed by atoms with Crippen molar-refractivity contribution in [2.45, 2.75) is 38.6 Å². The molecule has 2 N–H and O–H groups in total. The Kier molecular flexibility index (Phi) is 5.53. The molecule has 7 heteroatoms. The summed E-state index contributed by atoms with van der Waals surface area (Å²) in [6.07, 6.45) is 3.83. The number of benzene rings is 1. The molecule has 2 aromatic rings. The zero-order chi connectivity index (χ0) is 16.8. The Morgan fingerprint density at radius 2 is 2.08 bits per heavy atom. The van der Waals surface area contributed by atoms with E-state index in [0.717, 1.165) is 38.0 Å². The van der Waals surface area contributed by atoms with E-state index in [4.69, 9.17) is 0 Å². The van der Waals surface area contributed by atoms with E-state index in [9.17, 15) is 4.79 Å². The second-order valence-electron chi connectivity index (χ2n) is 6.31. The minimum Gasteiger partial charge on any atom is -0.346 e. The predicted molar refractivity (Wildman–Crippen MR) is 90.5 cm³/mol. The van der Waals surface area contributed by atoms with E-state index in [1.807, 2.05) is 37.3 Å². The van der Waals surface area contributed by atoms with Gasteiger partial charge in [0.25, 0.3) is 0 Å². The molecule has 0 saturated carbocycles. The van der Waals surface area contributed by atoms with Gasteiger partial charge in [-0.05, 0) is 67.8 Å². The van der Waals surface area contributed by atoms with E-state index in [1.54, 1.807) is 4.68 Å². The first-order chi connectivity index (χ1) is 11.7. The van der Waals surface area contributed by atoms with Crippen LogP contribution in [0.1, 0.15) is 44.5 Å². The summed E-state index contributed by atoms with van der Waals surface area (Å²) in [5.74, 6) is 1.35. The highest BCUT2D eigenvalue weighted by Gasteiger charge is 2.19. The summed E-state index contributed by atoms with van der Waals surface area (Å²) in [7, 11) is 0. The normalized spacial score (nSPS) is 16.7. The zero-order valence-corrected chi connectivity index (χ0v) is 14.0. The zero-order valence-electron chi connectivity index (χ0n) is 14.0. The van der Waals surface area contributed by atoms with Crippen molar-refractivity contribution in [3.63, 3.8) is 0 Å². The fourth-order valence-electron chi connectivity index (χ4n) is 3.10. The summed E-state index contributed by atoms with van der Waals surface area (Å²) in [6.45, 7) is 4.04. The molecule has 0 spiro atoms.